The number of aromatic amines is 1. The lowest BCUT2D eigenvalue weighted by molar-refractivity contribution is 0.344. The molecule has 4 nitrogen and oxygen atoms in total. The second kappa shape index (κ2) is 6.98. The Labute approximate surface area is 135 Å². The van der Waals surface area contributed by atoms with Gasteiger partial charge in [0.1, 0.15) is 5.75 Å². The maximum absolute atomic E-state index is 5.82. The predicted octanol–water partition coefficient (Wildman–Crippen LogP) is 4.36. The molecule has 3 aromatic rings. The van der Waals surface area contributed by atoms with E-state index in [-0.39, 0.29) is 0 Å². The van der Waals surface area contributed by atoms with Crippen LogP contribution in [0.1, 0.15) is 0 Å². The van der Waals surface area contributed by atoms with Gasteiger partial charge in [-0.25, -0.2) is 4.98 Å². The summed E-state index contributed by atoms with van der Waals surface area (Å²) in [6.07, 6.45) is 0. The lowest BCUT2D eigenvalue weighted by Gasteiger charge is -2.04. The van der Waals surface area contributed by atoms with E-state index in [9.17, 15) is 0 Å². The van der Waals surface area contributed by atoms with E-state index < -0.39 is 0 Å². The van der Waals surface area contributed by atoms with Crippen LogP contribution in [0.3, 0.4) is 0 Å². The first-order valence-corrected chi connectivity index (χ1v) is 8.53. The van der Waals surface area contributed by atoms with Crippen LogP contribution in [0.15, 0.2) is 46.9 Å². The molecule has 1 N–H and O–H groups in total. The average molecular weight is 338 g/mol. The number of aromatic nitrogens is 3. The quantitative estimate of drug-likeness (QED) is 0.536. The van der Waals surface area contributed by atoms with E-state index >= 15 is 0 Å². The number of nitrogens with zero attached hydrogens (tertiary/aromatic N) is 2. The fourth-order valence-corrected chi connectivity index (χ4v) is 3.06. The van der Waals surface area contributed by atoms with Crippen molar-refractivity contribution in [3.63, 3.8) is 0 Å². The molecular weight excluding hydrogens is 326 g/mol. The van der Waals surface area contributed by atoms with Crippen molar-refractivity contribution in [1.29, 1.82) is 0 Å². The number of hydrogen-bond donors (Lipinski definition) is 1. The molecule has 2 aromatic heterocycles. The van der Waals surface area contributed by atoms with Crippen LogP contribution in [-0.2, 0) is 0 Å². The normalized spacial score (nSPS) is 10.7. The zero-order chi connectivity index (χ0) is 14.5. The third kappa shape index (κ3) is 4.00. The standard InChI is InChI=1S/C14H12ClN3OS2/c15-10-3-5-11(6-4-10)19-7-9-21-14-16-13(17-18-14)12-2-1-8-20-12/h1-6,8H,7,9H2,(H,16,17,18). The van der Waals surface area contributed by atoms with Gasteiger partial charge in [-0.3, -0.25) is 5.10 Å². The molecule has 0 aliphatic carbocycles. The third-order valence-electron chi connectivity index (χ3n) is 2.62. The first kappa shape index (κ1) is 14.4. The number of thiophene rings is 1. The van der Waals surface area contributed by atoms with Gasteiger partial charge >= 0.3 is 0 Å². The van der Waals surface area contributed by atoms with Gasteiger partial charge in [0.05, 0.1) is 11.5 Å². The first-order chi connectivity index (χ1) is 10.3. The largest absolute Gasteiger partial charge is 0.493 e. The first-order valence-electron chi connectivity index (χ1n) is 6.29. The summed E-state index contributed by atoms with van der Waals surface area (Å²) < 4.78 is 5.62. The van der Waals surface area contributed by atoms with Gasteiger partial charge in [-0.2, -0.15) is 0 Å². The van der Waals surface area contributed by atoms with E-state index in [4.69, 9.17) is 16.3 Å². The molecule has 0 aliphatic heterocycles. The van der Waals surface area contributed by atoms with Gasteiger partial charge in [0.2, 0.25) is 5.16 Å². The van der Waals surface area contributed by atoms with Crippen LogP contribution >= 0.6 is 34.7 Å². The van der Waals surface area contributed by atoms with Crippen molar-refractivity contribution in [2.24, 2.45) is 0 Å². The molecule has 0 radical (unpaired) electrons. The molecule has 0 amide bonds. The van der Waals surface area contributed by atoms with Gasteiger partial charge in [-0.15, -0.1) is 16.4 Å². The van der Waals surface area contributed by atoms with Crippen LogP contribution < -0.4 is 4.74 Å². The highest BCUT2D eigenvalue weighted by Gasteiger charge is 2.06. The van der Waals surface area contributed by atoms with E-state index in [1.807, 2.05) is 41.8 Å². The molecule has 0 unspecified atom stereocenters. The number of benzene rings is 1. The van der Waals surface area contributed by atoms with Crippen molar-refractivity contribution in [2.75, 3.05) is 12.4 Å². The Balaban J connectivity index is 1.46. The lowest BCUT2D eigenvalue weighted by Crippen LogP contribution is -2.00. The minimum Gasteiger partial charge on any atom is -0.493 e. The lowest BCUT2D eigenvalue weighted by atomic mass is 10.3. The Morgan fingerprint density at radius 1 is 1.24 bits per heavy atom. The highest BCUT2D eigenvalue weighted by molar-refractivity contribution is 7.99. The molecule has 21 heavy (non-hydrogen) atoms. The summed E-state index contributed by atoms with van der Waals surface area (Å²) in [7, 11) is 0. The van der Waals surface area contributed by atoms with Crippen LogP contribution in [0.25, 0.3) is 10.7 Å². The predicted molar refractivity (Wildman–Crippen MR) is 87.4 cm³/mol. The van der Waals surface area contributed by atoms with Crippen LogP contribution in [-0.4, -0.2) is 27.5 Å². The van der Waals surface area contributed by atoms with Gasteiger partial charge in [-0.1, -0.05) is 29.4 Å². The SMILES string of the molecule is Clc1ccc(OCCSc2n[nH]c(-c3cccs3)n2)cc1. The number of halogens is 1. The molecule has 7 heteroatoms. The van der Waals surface area contributed by atoms with Gasteiger partial charge in [0.25, 0.3) is 0 Å². The Morgan fingerprint density at radius 3 is 2.86 bits per heavy atom. The zero-order valence-corrected chi connectivity index (χ0v) is 13.3. The molecule has 0 bridgehead atoms. The van der Waals surface area contributed by atoms with Crippen LogP contribution in [0.2, 0.25) is 5.02 Å². The number of H-pyrrole nitrogens is 1. The Bertz CT molecular complexity index is 683. The number of nitrogens with one attached hydrogen (secondary N) is 1. The fourth-order valence-electron chi connectivity index (χ4n) is 1.66. The third-order valence-corrected chi connectivity index (χ3v) is 4.56. The Morgan fingerprint density at radius 2 is 2.10 bits per heavy atom. The molecule has 2 heterocycles. The molecule has 0 fully saturated rings. The highest BCUT2D eigenvalue weighted by Crippen LogP contribution is 2.23. The van der Waals surface area contributed by atoms with E-state index in [1.165, 1.54) is 0 Å². The smallest absolute Gasteiger partial charge is 0.208 e. The molecule has 0 saturated heterocycles. The monoisotopic (exact) mass is 337 g/mol. The number of ether oxygens (including phenoxy) is 1. The van der Waals surface area contributed by atoms with Crippen molar-refractivity contribution in [2.45, 2.75) is 5.16 Å². The maximum Gasteiger partial charge on any atom is 0.208 e. The van der Waals surface area contributed by atoms with Crippen LogP contribution in [0.4, 0.5) is 0 Å². The van der Waals surface area contributed by atoms with Crippen LogP contribution in [0, 0.1) is 0 Å². The molecular formula is C14H12ClN3OS2. The van der Waals surface area contributed by atoms with Crippen molar-refractivity contribution in [1.82, 2.24) is 15.2 Å². The Hall–Kier alpha value is -1.50. The van der Waals surface area contributed by atoms with Crippen LogP contribution in [0.5, 0.6) is 5.75 Å². The van der Waals surface area contributed by atoms with E-state index in [0.29, 0.717) is 11.6 Å². The summed E-state index contributed by atoms with van der Waals surface area (Å²) in [5.74, 6) is 2.41. The van der Waals surface area contributed by atoms with Crippen molar-refractivity contribution < 1.29 is 4.74 Å². The second-order valence-corrected chi connectivity index (χ2v) is 6.54. The summed E-state index contributed by atoms with van der Waals surface area (Å²) in [5.41, 5.74) is 0. The molecule has 0 spiro atoms. The summed E-state index contributed by atoms with van der Waals surface area (Å²) >= 11 is 9.02. The molecule has 0 saturated carbocycles. The van der Waals surface area contributed by atoms with Gasteiger partial charge < -0.3 is 4.74 Å². The minimum absolute atomic E-state index is 0.592. The molecule has 108 valence electrons. The van der Waals surface area contributed by atoms with Gasteiger partial charge in [0, 0.05) is 10.8 Å². The number of hydrogen-bond acceptors (Lipinski definition) is 5. The summed E-state index contributed by atoms with van der Waals surface area (Å²) in [6.45, 7) is 0.592. The summed E-state index contributed by atoms with van der Waals surface area (Å²) in [5, 5.41) is 10.6. The molecule has 0 aliphatic rings. The van der Waals surface area contributed by atoms with E-state index in [0.717, 1.165) is 27.4 Å². The van der Waals surface area contributed by atoms with Gasteiger partial charge in [0.15, 0.2) is 5.82 Å². The summed E-state index contributed by atoms with van der Waals surface area (Å²) in [4.78, 5) is 5.53. The average Bonchev–Trinajstić information content (AvgIpc) is 3.16. The topological polar surface area (TPSA) is 50.8 Å². The van der Waals surface area contributed by atoms with Crippen molar-refractivity contribution in [3.8, 4) is 16.5 Å². The van der Waals surface area contributed by atoms with Crippen molar-refractivity contribution >= 4 is 34.7 Å². The Kier molecular flexibility index (Phi) is 4.80. The molecule has 0 atom stereocenters. The van der Waals surface area contributed by atoms with E-state index in [1.54, 1.807) is 23.1 Å². The maximum atomic E-state index is 5.82. The minimum atomic E-state index is 0.592. The van der Waals surface area contributed by atoms with Gasteiger partial charge in [-0.05, 0) is 35.7 Å². The molecule has 3 rings (SSSR count). The number of thioether (sulfide) groups is 1. The molecule has 1 aromatic carbocycles. The number of rotatable bonds is 6. The fraction of sp³-hybridized carbons (Fsp3) is 0.143. The highest BCUT2D eigenvalue weighted by atomic mass is 35.5. The second-order valence-electron chi connectivity index (χ2n) is 4.09. The van der Waals surface area contributed by atoms with E-state index in [2.05, 4.69) is 15.2 Å². The summed E-state index contributed by atoms with van der Waals surface area (Å²) in [6, 6.07) is 11.3. The van der Waals surface area contributed by atoms with Crippen molar-refractivity contribution in [3.05, 3.63) is 46.8 Å². The zero-order valence-electron chi connectivity index (χ0n) is 11.0.